The zero-order valence-corrected chi connectivity index (χ0v) is 8.37. The Bertz CT molecular complexity index is 183. The lowest BCUT2D eigenvalue weighted by Crippen LogP contribution is -2.31. The van der Waals surface area contributed by atoms with Crippen LogP contribution in [0.3, 0.4) is 0 Å². The molecule has 0 aromatic rings. The van der Waals surface area contributed by atoms with E-state index < -0.39 is 12.1 Å². The van der Waals surface area contributed by atoms with Crippen LogP contribution >= 0.6 is 0 Å². The van der Waals surface area contributed by atoms with Crippen LogP contribution in [0, 0.1) is 0 Å². The molecule has 0 aliphatic carbocycles. The van der Waals surface area contributed by atoms with Crippen molar-refractivity contribution in [1.82, 2.24) is 5.32 Å². The largest absolute Gasteiger partial charge is 0.465 e. The van der Waals surface area contributed by atoms with Crippen LogP contribution in [0.4, 0.5) is 4.79 Å². The van der Waals surface area contributed by atoms with E-state index in [4.69, 9.17) is 0 Å². The molecule has 0 heterocycles. The second-order valence-corrected chi connectivity index (χ2v) is 2.29. The van der Waals surface area contributed by atoms with Crippen molar-refractivity contribution in [2.24, 2.45) is 0 Å². The highest BCUT2D eigenvalue weighted by Gasteiger charge is 2.05. The highest BCUT2D eigenvalue weighted by molar-refractivity contribution is 5.77. The summed E-state index contributed by atoms with van der Waals surface area (Å²) in [6, 6.07) is 0. The molecular formula is C8H15NO5. The van der Waals surface area contributed by atoms with Crippen LogP contribution in [0.25, 0.3) is 0 Å². The normalized spacial score (nSPS) is 9.29. The number of methoxy groups -OCH3 is 1. The molecule has 1 N–H and O–H groups in total. The van der Waals surface area contributed by atoms with E-state index in [2.05, 4.69) is 19.5 Å². The van der Waals surface area contributed by atoms with E-state index in [1.54, 1.807) is 6.92 Å². The number of hydrogen-bond acceptors (Lipinski definition) is 5. The second kappa shape index (κ2) is 8.31. The average Bonchev–Trinajstić information content (AvgIpc) is 2.16. The number of ether oxygens (including phenoxy) is 3. The van der Waals surface area contributed by atoms with Gasteiger partial charge in [0.2, 0.25) is 0 Å². The van der Waals surface area contributed by atoms with Crippen LogP contribution in [-0.4, -0.2) is 45.5 Å². The van der Waals surface area contributed by atoms with Crippen LogP contribution in [-0.2, 0) is 19.0 Å². The van der Waals surface area contributed by atoms with E-state index in [9.17, 15) is 9.59 Å². The minimum atomic E-state index is -0.657. The van der Waals surface area contributed by atoms with Crippen LogP contribution in [0.1, 0.15) is 6.92 Å². The molecule has 0 unspecified atom stereocenters. The minimum absolute atomic E-state index is 0.158. The van der Waals surface area contributed by atoms with Crippen molar-refractivity contribution in [3.63, 3.8) is 0 Å². The first-order chi connectivity index (χ1) is 6.70. The number of hydrogen-bond donors (Lipinski definition) is 1. The maximum atomic E-state index is 10.8. The summed E-state index contributed by atoms with van der Waals surface area (Å²) in [6.07, 6.45) is -0.657. The number of amides is 1. The van der Waals surface area contributed by atoms with Gasteiger partial charge in [0.1, 0.15) is 13.2 Å². The molecule has 0 aliphatic heterocycles. The predicted molar refractivity (Wildman–Crippen MR) is 47.9 cm³/mol. The van der Waals surface area contributed by atoms with Gasteiger partial charge in [-0.2, -0.15) is 0 Å². The molecule has 0 aromatic heterocycles. The third kappa shape index (κ3) is 7.35. The molecule has 0 aromatic carbocycles. The minimum Gasteiger partial charge on any atom is -0.465 e. The molecule has 0 bridgehead atoms. The fraction of sp³-hybridized carbons (Fsp3) is 0.750. The van der Waals surface area contributed by atoms with E-state index in [1.807, 2.05) is 0 Å². The van der Waals surface area contributed by atoms with Gasteiger partial charge in [0.05, 0.1) is 13.2 Å². The summed E-state index contributed by atoms with van der Waals surface area (Å²) >= 11 is 0. The molecular weight excluding hydrogens is 190 g/mol. The van der Waals surface area contributed by atoms with Crippen LogP contribution in [0.2, 0.25) is 0 Å². The van der Waals surface area contributed by atoms with Crippen LogP contribution in [0.5, 0.6) is 0 Å². The smallest absolute Gasteiger partial charge is 0.407 e. The fourth-order valence-corrected chi connectivity index (χ4v) is 0.625. The maximum Gasteiger partial charge on any atom is 0.407 e. The summed E-state index contributed by atoms with van der Waals surface area (Å²) in [5.74, 6) is -0.490. The number of rotatable bonds is 6. The van der Waals surface area contributed by atoms with Crippen molar-refractivity contribution in [3.05, 3.63) is 0 Å². The Kier molecular flexibility index (Phi) is 7.53. The molecule has 0 rings (SSSR count). The molecule has 6 nitrogen and oxygen atoms in total. The third-order valence-corrected chi connectivity index (χ3v) is 1.20. The zero-order chi connectivity index (χ0) is 10.8. The highest BCUT2D eigenvalue weighted by Crippen LogP contribution is 1.80. The summed E-state index contributed by atoms with van der Waals surface area (Å²) in [7, 11) is 1.50. The molecule has 0 saturated carbocycles. The van der Waals surface area contributed by atoms with Gasteiger partial charge in [0.15, 0.2) is 0 Å². The van der Waals surface area contributed by atoms with Gasteiger partial charge >= 0.3 is 12.1 Å². The van der Waals surface area contributed by atoms with Crippen LogP contribution < -0.4 is 5.32 Å². The number of esters is 1. The number of carbonyl (C=O) groups excluding carboxylic acids is 2. The molecule has 1 amide bonds. The molecule has 6 heteroatoms. The average molecular weight is 205 g/mol. The van der Waals surface area contributed by atoms with Gasteiger partial charge in [-0.15, -0.1) is 0 Å². The molecule has 14 heavy (non-hydrogen) atoms. The lowest BCUT2D eigenvalue weighted by atomic mass is 10.6. The van der Waals surface area contributed by atoms with E-state index in [0.29, 0.717) is 13.2 Å². The quantitative estimate of drug-likeness (QED) is 0.485. The van der Waals surface area contributed by atoms with Crippen molar-refractivity contribution in [1.29, 1.82) is 0 Å². The molecule has 0 aliphatic rings. The lowest BCUT2D eigenvalue weighted by molar-refractivity contribution is -0.141. The highest BCUT2D eigenvalue weighted by atomic mass is 16.6. The van der Waals surface area contributed by atoms with Gasteiger partial charge in [-0.3, -0.25) is 4.79 Å². The molecule has 0 spiro atoms. The van der Waals surface area contributed by atoms with Gasteiger partial charge < -0.3 is 19.5 Å². The van der Waals surface area contributed by atoms with E-state index in [-0.39, 0.29) is 13.2 Å². The fourth-order valence-electron chi connectivity index (χ4n) is 0.625. The Hall–Kier alpha value is -1.30. The maximum absolute atomic E-state index is 10.8. The number of carbonyl (C=O) groups is 2. The van der Waals surface area contributed by atoms with Crippen molar-refractivity contribution in [3.8, 4) is 0 Å². The van der Waals surface area contributed by atoms with E-state index in [0.717, 1.165) is 0 Å². The van der Waals surface area contributed by atoms with E-state index >= 15 is 0 Å². The van der Waals surface area contributed by atoms with Gasteiger partial charge in [-0.25, -0.2) is 4.79 Å². The van der Waals surface area contributed by atoms with Gasteiger partial charge in [-0.1, -0.05) is 0 Å². The third-order valence-electron chi connectivity index (χ3n) is 1.20. The molecule has 0 saturated heterocycles. The summed E-state index contributed by atoms with van der Waals surface area (Å²) in [6.45, 7) is 2.28. The Balaban J connectivity index is 3.39. The summed E-state index contributed by atoms with van der Waals surface area (Å²) in [4.78, 5) is 21.6. The van der Waals surface area contributed by atoms with E-state index in [1.165, 1.54) is 7.11 Å². The first-order valence-corrected chi connectivity index (χ1v) is 4.25. The van der Waals surface area contributed by atoms with Crippen molar-refractivity contribution in [2.45, 2.75) is 6.92 Å². The van der Waals surface area contributed by atoms with Gasteiger partial charge in [0, 0.05) is 7.11 Å². The zero-order valence-electron chi connectivity index (χ0n) is 8.37. The van der Waals surface area contributed by atoms with Crippen LogP contribution in [0.15, 0.2) is 0 Å². The Morgan fingerprint density at radius 2 is 1.93 bits per heavy atom. The monoisotopic (exact) mass is 205 g/mol. The van der Waals surface area contributed by atoms with Gasteiger partial charge in [0.25, 0.3) is 0 Å². The topological polar surface area (TPSA) is 73.9 Å². The summed E-state index contributed by atoms with van der Waals surface area (Å²) in [5.41, 5.74) is 0. The number of nitrogens with one attached hydrogen (secondary N) is 1. The molecule has 82 valence electrons. The summed E-state index contributed by atoms with van der Waals surface area (Å²) < 4.78 is 13.9. The van der Waals surface area contributed by atoms with Gasteiger partial charge in [-0.05, 0) is 6.92 Å². The van der Waals surface area contributed by atoms with Crippen molar-refractivity contribution in [2.75, 3.05) is 33.5 Å². The summed E-state index contributed by atoms with van der Waals surface area (Å²) in [5, 5.41) is 2.23. The Labute approximate surface area is 82.5 Å². The number of alkyl carbamates (subject to hydrolysis) is 1. The molecule has 0 atom stereocenters. The first kappa shape index (κ1) is 12.7. The second-order valence-electron chi connectivity index (χ2n) is 2.29. The standard InChI is InChI=1S/C8H15NO5/c1-3-13-7(10)6-9-8(11)14-5-4-12-2/h3-6H2,1-2H3,(H,9,11). The van der Waals surface area contributed by atoms with Crippen molar-refractivity contribution < 1.29 is 23.8 Å². The SMILES string of the molecule is CCOC(=O)CNC(=O)OCCOC. The molecule has 0 radical (unpaired) electrons. The Morgan fingerprint density at radius 3 is 2.50 bits per heavy atom. The van der Waals surface area contributed by atoms with Crippen molar-refractivity contribution >= 4 is 12.1 Å². The molecule has 0 fully saturated rings. The Morgan fingerprint density at radius 1 is 1.21 bits per heavy atom. The first-order valence-electron chi connectivity index (χ1n) is 4.25. The lowest BCUT2D eigenvalue weighted by Gasteiger charge is -2.05. The predicted octanol–water partition coefficient (Wildman–Crippen LogP) is -0.0779.